The van der Waals surface area contributed by atoms with Crippen molar-refractivity contribution in [2.45, 2.75) is 18.7 Å². The van der Waals surface area contributed by atoms with Crippen LogP contribution in [0.5, 0.6) is 17.2 Å². The van der Waals surface area contributed by atoms with Crippen LogP contribution in [-0.4, -0.2) is 42.2 Å². The molecule has 0 saturated heterocycles. The van der Waals surface area contributed by atoms with Crippen molar-refractivity contribution >= 4 is 27.3 Å². The van der Waals surface area contributed by atoms with E-state index in [0.29, 0.717) is 22.9 Å². The van der Waals surface area contributed by atoms with Crippen molar-refractivity contribution in [3.8, 4) is 17.2 Å². The largest absolute Gasteiger partial charge is 0.497 e. The molecule has 0 unspecified atom stereocenters. The molecule has 0 spiro atoms. The molecular weight excluding hydrogens is 456 g/mol. The number of benzene rings is 3. The monoisotopic (exact) mass is 484 g/mol. The summed E-state index contributed by atoms with van der Waals surface area (Å²) in [6.07, 6.45) is 0. The zero-order valence-corrected chi connectivity index (χ0v) is 20.6. The smallest absolute Gasteiger partial charge is 0.264 e. The minimum atomic E-state index is -4.14. The summed E-state index contributed by atoms with van der Waals surface area (Å²) in [5.41, 5.74) is 2.87. The van der Waals surface area contributed by atoms with Crippen LogP contribution in [0, 0.1) is 13.8 Å². The van der Waals surface area contributed by atoms with Crippen molar-refractivity contribution in [1.29, 1.82) is 0 Å². The molecule has 0 aromatic heterocycles. The Labute approximate surface area is 200 Å². The van der Waals surface area contributed by atoms with Crippen LogP contribution in [0.1, 0.15) is 11.1 Å². The van der Waals surface area contributed by atoms with Gasteiger partial charge in [-0.15, -0.1) is 0 Å². The number of aryl methyl sites for hydroxylation is 1. The Morgan fingerprint density at radius 1 is 0.882 bits per heavy atom. The van der Waals surface area contributed by atoms with E-state index in [9.17, 15) is 13.2 Å². The number of hydrogen-bond donors (Lipinski definition) is 1. The predicted molar refractivity (Wildman–Crippen MR) is 132 cm³/mol. The highest BCUT2D eigenvalue weighted by atomic mass is 32.2. The fourth-order valence-corrected chi connectivity index (χ4v) is 4.81. The molecule has 0 aliphatic heterocycles. The van der Waals surface area contributed by atoms with Crippen LogP contribution in [0.3, 0.4) is 0 Å². The zero-order chi connectivity index (χ0) is 24.9. The summed E-state index contributed by atoms with van der Waals surface area (Å²) in [5.74, 6) is 0.740. The van der Waals surface area contributed by atoms with Gasteiger partial charge in [-0.1, -0.05) is 12.1 Å². The molecule has 0 radical (unpaired) electrons. The molecule has 3 aromatic carbocycles. The number of carbonyl (C=O) groups is 1. The molecule has 0 heterocycles. The quantitative estimate of drug-likeness (QED) is 0.490. The maximum absolute atomic E-state index is 13.7. The van der Waals surface area contributed by atoms with E-state index in [4.69, 9.17) is 14.2 Å². The first-order valence-corrected chi connectivity index (χ1v) is 11.9. The second kappa shape index (κ2) is 10.5. The SMILES string of the molecule is COc1ccc(N(CC(=O)Nc2cccc(C)c2C)S(=O)(=O)c2ccc(OC)c(OC)c2)cc1. The van der Waals surface area contributed by atoms with Gasteiger partial charge in [0, 0.05) is 11.8 Å². The van der Waals surface area contributed by atoms with Gasteiger partial charge in [0.05, 0.1) is 31.9 Å². The molecule has 0 fully saturated rings. The first-order chi connectivity index (χ1) is 16.2. The minimum Gasteiger partial charge on any atom is -0.497 e. The Balaban J connectivity index is 2.01. The van der Waals surface area contributed by atoms with E-state index in [1.807, 2.05) is 26.0 Å². The average Bonchev–Trinajstić information content (AvgIpc) is 2.84. The molecule has 0 saturated carbocycles. The number of anilines is 2. The molecule has 0 atom stereocenters. The number of rotatable bonds is 9. The van der Waals surface area contributed by atoms with Crippen LogP contribution < -0.4 is 23.8 Å². The first kappa shape index (κ1) is 24.9. The Bertz CT molecular complexity index is 1270. The van der Waals surface area contributed by atoms with Crippen LogP contribution in [-0.2, 0) is 14.8 Å². The van der Waals surface area contributed by atoms with Crippen molar-refractivity contribution in [2.24, 2.45) is 0 Å². The number of amides is 1. The van der Waals surface area contributed by atoms with Crippen molar-refractivity contribution < 1.29 is 27.4 Å². The number of sulfonamides is 1. The molecule has 0 aliphatic carbocycles. The summed E-state index contributed by atoms with van der Waals surface area (Å²) >= 11 is 0. The van der Waals surface area contributed by atoms with E-state index in [0.717, 1.165) is 15.4 Å². The van der Waals surface area contributed by atoms with Gasteiger partial charge in [0.1, 0.15) is 12.3 Å². The number of carbonyl (C=O) groups excluding carboxylic acids is 1. The maximum atomic E-state index is 13.7. The summed E-state index contributed by atoms with van der Waals surface area (Å²) < 4.78 is 44.1. The Kier molecular flexibility index (Phi) is 7.68. The standard InChI is InChI=1S/C25H28N2O6S/c1-17-7-6-8-22(18(17)2)26-25(28)16-27(19-9-11-20(31-3)12-10-19)34(29,30)21-13-14-23(32-4)24(15-21)33-5/h6-15H,16H2,1-5H3,(H,26,28). The van der Waals surface area contributed by atoms with E-state index in [2.05, 4.69) is 5.32 Å². The van der Waals surface area contributed by atoms with E-state index in [1.165, 1.54) is 39.5 Å². The highest BCUT2D eigenvalue weighted by Gasteiger charge is 2.28. The maximum Gasteiger partial charge on any atom is 0.264 e. The Morgan fingerprint density at radius 2 is 1.56 bits per heavy atom. The number of hydrogen-bond acceptors (Lipinski definition) is 6. The van der Waals surface area contributed by atoms with Crippen LogP contribution in [0.15, 0.2) is 65.6 Å². The lowest BCUT2D eigenvalue weighted by molar-refractivity contribution is -0.114. The molecular formula is C25H28N2O6S. The van der Waals surface area contributed by atoms with Gasteiger partial charge < -0.3 is 19.5 Å². The zero-order valence-electron chi connectivity index (χ0n) is 19.8. The van der Waals surface area contributed by atoms with Gasteiger partial charge in [0.25, 0.3) is 10.0 Å². The highest BCUT2D eigenvalue weighted by molar-refractivity contribution is 7.92. The Hall–Kier alpha value is -3.72. The summed E-state index contributed by atoms with van der Waals surface area (Å²) in [6.45, 7) is 3.40. The van der Waals surface area contributed by atoms with Gasteiger partial charge in [-0.05, 0) is 67.4 Å². The molecule has 3 aromatic rings. The molecule has 1 amide bonds. The summed E-state index contributed by atoms with van der Waals surface area (Å²) in [4.78, 5) is 13.0. The number of nitrogens with zero attached hydrogens (tertiary/aromatic N) is 1. The fourth-order valence-electron chi connectivity index (χ4n) is 3.37. The van der Waals surface area contributed by atoms with Gasteiger partial charge in [0.2, 0.25) is 5.91 Å². The number of methoxy groups -OCH3 is 3. The minimum absolute atomic E-state index is 0.0412. The molecule has 1 N–H and O–H groups in total. The van der Waals surface area contributed by atoms with E-state index < -0.39 is 22.5 Å². The average molecular weight is 485 g/mol. The lowest BCUT2D eigenvalue weighted by Gasteiger charge is -2.25. The fraction of sp³-hybridized carbons (Fsp3) is 0.240. The van der Waals surface area contributed by atoms with E-state index in [-0.39, 0.29) is 10.6 Å². The normalized spacial score (nSPS) is 11.0. The van der Waals surface area contributed by atoms with Crippen LogP contribution >= 0.6 is 0 Å². The lowest BCUT2D eigenvalue weighted by Crippen LogP contribution is -2.38. The topological polar surface area (TPSA) is 94.2 Å². The third-order valence-corrected chi connectivity index (χ3v) is 7.24. The van der Waals surface area contributed by atoms with Crippen molar-refractivity contribution in [2.75, 3.05) is 37.5 Å². The lowest BCUT2D eigenvalue weighted by atomic mass is 10.1. The molecule has 0 bridgehead atoms. The van der Waals surface area contributed by atoms with Crippen LogP contribution in [0.2, 0.25) is 0 Å². The summed E-state index contributed by atoms with van der Waals surface area (Å²) in [7, 11) is 0.267. The third-order valence-electron chi connectivity index (χ3n) is 5.47. The molecule has 0 aliphatic rings. The van der Waals surface area contributed by atoms with Gasteiger partial charge in [-0.3, -0.25) is 9.10 Å². The van der Waals surface area contributed by atoms with Crippen LogP contribution in [0.25, 0.3) is 0 Å². The van der Waals surface area contributed by atoms with Gasteiger partial charge in [-0.2, -0.15) is 0 Å². The molecule has 8 nitrogen and oxygen atoms in total. The number of nitrogens with one attached hydrogen (secondary N) is 1. The van der Waals surface area contributed by atoms with E-state index >= 15 is 0 Å². The van der Waals surface area contributed by atoms with Gasteiger partial charge >= 0.3 is 0 Å². The van der Waals surface area contributed by atoms with Crippen LogP contribution in [0.4, 0.5) is 11.4 Å². The summed E-state index contributed by atoms with van der Waals surface area (Å²) in [5, 5.41) is 2.82. The first-order valence-electron chi connectivity index (χ1n) is 10.5. The second-order valence-electron chi connectivity index (χ2n) is 7.52. The van der Waals surface area contributed by atoms with Crippen molar-refractivity contribution in [1.82, 2.24) is 0 Å². The van der Waals surface area contributed by atoms with Gasteiger partial charge in [0.15, 0.2) is 11.5 Å². The predicted octanol–water partition coefficient (Wildman–Crippen LogP) is 4.16. The molecule has 9 heteroatoms. The Morgan fingerprint density at radius 3 is 2.18 bits per heavy atom. The molecule has 180 valence electrons. The summed E-state index contributed by atoms with van der Waals surface area (Å²) in [6, 6.07) is 16.3. The van der Waals surface area contributed by atoms with Crippen molar-refractivity contribution in [3.05, 3.63) is 71.8 Å². The number of ether oxygens (including phenoxy) is 3. The third kappa shape index (κ3) is 5.26. The molecule has 34 heavy (non-hydrogen) atoms. The second-order valence-corrected chi connectivity index (χ2v) is 9.38. The van der Waals surface area contributed by atoms with Crippen molar-refractivity contribution in [3.63, 3.8) is 0 Å². The van der Waals surface area contributed by atoms with Gasteiger partial charge in [-0.25, -0.2) is 8.42 Å². The van der Waals surface area contributed by atoms with E-state index in [1.54, 1.807) is 30.3 Å². The highest BCUT2D eigenvalue weighted by Crippen LogP contribution is 2.32. The molecule has 3 rings (SSSR count).